The molecule has 0 bridgehead atoms. The molecular formula is C16H23ClN2O2. The smallest absolute Gasteiger partial charge is 0.242 e. The summed E-state index contributed by atoms with van der Waals surface area (Å²) in [4.78, 5) is 26.0. The van der Waals surface area contributed by atoms with Crippen LogP contribution in [-0.4, -0.2) is 29.8 Å². The third kappa shape index (κ3) is 5.05. The van der Waals surface area contributed by atoms with Crippen molar-refractivity contribution >= 4 is 23.4 Å². The second-order valence-corrected chi connectivity index (χ2v) is 5.37. The van der Waals surface area contributed by atoms with E-state index in [1.54, 1.807) is 24.1 Å². The van der Waals surface area contributed by atoms with Gasteiger partial charge in [0.15, 0.2) is 0 Å². The number of nitrogens with one attached hydrogen (secondary N) is 1. The Morgan fingerprint density at radius 1 is 1.24 bits per heavy atom. The largest absolute Gasteiger partial charge is 0.357 e. The topological polar surface area (TPSA) is 49.4 Å². The summed E-state index contributed by atoms with van der Waals surface area (Å²) >= 11 is 5.88. The summed E-state index contributed by atoms with van der Waals surface area (Å²) in [5, 5.41) is 3.29. The Balaban J connectivity index is 2.97. The minimum atomic E-state index is -0.440. The molecular weight excluding hydrogens is 288 g/mol. The molecule has 0 saturated heterocycles. The number of carbonyl (C=O) groups excluding carboxylic acids is 2. The van der Waals surface area contributed by atoms with Crippen molar-refractivity contribution in [2.24, 2.45) is 0 Å². The van der Waals surface area contributed by atoms with E-state index in [2.05, 4.69) is 5.32 Å². The van der Waals surface area contributed by atoms with Crippen LogP contribution >= 0.6 is 11.6 Å². The van der Waals surface area contributed by atoms with Gasteiger partial charge in [-0.25, -0.2) is 0 Å². The van der Waals surface area contributed by atoms with Crippen LogP contribution in [0.25, 0.3) is 0 Å². The minimum Gasteiger partial charge on any atom is -0.357 e. The van der Waals surface area contributed by atoms with Gasteiger partial charge in [0.2, 0.25) is 11.8 Å². The molecule has 0 spiro atoms. The van der Waals surface area contributed by atoms with Crippen molar-refractivity contribution in [3.63, 3.8) is 0 Å². The van der Waals surface area contributed by atoms with E-state index in [-0.39, 0.29) is 11.8 Å². The van der Waals surface area contributed by atoms with Gasteiger partial charge in [-0.15, -0.1) is 0 Å². The van der Waals surface area contributed by atoms with Crippen LogP contribution in [0.5, 0.6) is 0 Å². The van der Waals surface area contributed by atoms with E-state index in [1.807, 2.05) is 26.0 Å². The Hall–Kier alpha value is -1.55. The highest BCUT2D eigenvalue weighted by molar-refractivity contribution is 6.30. The normalized spacial score (nSPS) is 11.8. The number of rotatable bonds is 7. The zero-order chi connectivity index (χ0) is 15.8. The molecule has 5 heteroatoms. The number of nitrogens with zero attached hydrogens (tertiary/aromatic N) is 1. The molecule has 21 heavy (non-hydrogen) atoms. The maximum absolute atomic E-state index is 12.4. The van der Waals surface area contributed by atoms with Gasteiger partial charge < -0.3 is 10.2 Å². The number of carbonyl (C=O) groups is 2. The van der Waals surface area contributed by atoms with Gasteiger partial charge in [-0.2, -0.15) is 0 Å². The molecule has 0 aliphatic carbocycles. The van der Waals surface area contributed by atoms with Crippen LogP contribution in [0.2, 0.25) is 5.02 Å². The van der Waals surface area contributed by atoms with E-state index in [4.69, 9.17) is 11.6 Å². The van der Waals surface area contributed by atoms with Gasteiger partial charge in [-0.1, -0.05) is 37.6 Å². The summed E-state index contributed by atoms with van der Waals surface area (Å²) in [5.74, 6) is -0.126. The van der Waals surface area contributed by atoms with Crippen molar-refractivity contribution in [2.75, 3.05) is 7.05 Å². The van der Waals surface area contributed by atoms with Crippen molar-refractivity contribution in [3.8, 4) is 0 Å². The average molecular weight is 311 g/mol. The Bertz CT molecular complexity index is 474. The summed E-state index contributed by atoms with van der Waals surface area (Å²) in [6, 6.07) is 6.90. The van der Waals surface area contributed by atoms with E-state index in [1.165, 1.54) is 0 Å². The van der Waals surface area contributed by atoms with Crippen molar-refractivity contribution in [1.29, 1.82) is 0 Å². The maximum Gasteiger partial charge on any atom is 0.242 e. The van der Waals surface area contributed by atoms with E-state index >= 15 is 0 Å². The SMILES string of the molecule is CCCC(=O)N(Cc1ccc(Cl)cc1)[C@@H](CC)C(=O)NC. The number of hydrogen-bond donors (Lipinski definition) is 1. The first-order valence-electron chi connectivity index (χ1n) is 7.28. The first kappa shape index (κ1) is 17.5. The highest BCUT2D eigenvalue weighted by Crippen LogP contribution is 2.16. The molecule has 4 nitrogen and oxygen atoms in total. The molecule has 116 valence electrons. The lowest BCUT2D eigenvalue weighted by Crippen LogP contribution is -2.48. The van der Waals surface area contributed by atoms with Crippen molar-refractivity contribution in [1.82, 2.24) is 10.2 Å². The second-order valence-electron chi connectivity index (χ2n) is 4.94. The lowest BCUT2D eigenvalue weighted by atomic mass is 10.1. The summed E-state index contributed by atoms with van der Waals surface area (Å²) in [6.07, 6.45) is 1.80. The predicted octanol–water partition coefficient (Wildman–Crippen LogP) is 2.99. The molecule has 1 aromatic carbocycles. The van der Waals surface area contributed by atoms with Crippen LogP contribution in [0.1, 0.15) is 38.7 Å². The number of likely N-dealkylation sites (N-methyl/N-ethyl adjacent to an activating group) is 1. The van der Waals surface area contributed by atoms with Crippen LogP contribution in [0.15, 0.2) is 24.3 Å². The summed E-state index contributed by atoms with van der Waals surface area (Å²) < 4.78 is 0. The third-order valence-corrected chi connectivity index (χ3v) is 3.61. The molecule has 1 aromatic rings. The highest BCUT2D eigenvalue weighted by Gasteiger charge is 2.27. The first-order chi connectivity index (χ1) is 10.0. The van der Waals surface area contributed by atoms with Crippen LogP contribution in [0.4, 0.5) is 0 Å². The van der Waals surface area contributed by atoms with Crippen LogP contribution < -0.4 is 5.32 Å². The summed E-state index contributed by atoms with van der Waals surface area (Å²) in [5.41, 5.74) is 0.964. The van der Waals surface area contributed by atoms with E-state index in [9.17, 15) is 9.59 Å². The van der Waals surface area contributed by atoms with Gasteiger partial charge in [0.25, 0.3) is 0 Å². The molecule has 0 fully saturated rings. The van der Waals surface area contributed by atoms with Gasteiger partial charge >= 0.3 is 0 Å². The van der Waals surface area contributed by atoms with Gasteiger partial charge in [0.1, 0.15) is 6.04 Å². The number of halogens is 1. The molecule has 0 heterocycles. The molecule has 1 N–H and O–H groups in total. The number of benzene rings is 1. The standard InChI is InChI=1S/C16H23ClN2O2/c1-4-6-15(20)19(14(5-2)16(21)18-3)11-12-7-9-13(17)10-8-12/h7-10,14H,4-6,11H2,1-3H3,(H,18,21)/t14-/m0/s1. The highest BCUT2D eigenvalue weighted by atomic mass is 35.5. The fraction of sp³-hybridized carbons (Fsp3) is 0.500. The zero-order valence-electron chi connectivity index (χ0n) is 12.9. The molecule has 2 amide bonds. The number of hydrogen-bond acceptors (Lipinski definition) is 2. The summed E-state index contributed by atoms with van der Waals surface area (Å²) in [7, 11) is 1.59. The van der Waals surface area contributed by atoms with Crippen molar-refractivity contribution in [3.05, 3.63) is 34.9 Å². The molecule has 0 saturated carbocycles. The predicted molar refractivity (Wildman–Crippen MR) is 85.1 cm³/mol. The Morgan fingerprint density at radius 3 is 2.33 bits per heavy atom. The zero-order valence-corrected chi connectivity index (χ0v) is 13.6. The van der Waals surface area contributed by atoms with Gasteiger partial charge in [0.05, 0.1) is 0 Å². The first-order valence-corrected chi connectivity index (χ1v) is 7.66. The Labute approximate surface area is 131 Å². The third-order valence-electron chi connectivity index (χ3n) is 3.36. The van der Waals surface area contributed by atoms with Crippen molar-refractivity contribution < 1.29 is 9.59 Å². The van der Waals surface area contributed by atoms with Crippen LogP contribution in [0.3, 0.4) is 0 Å². The van der Waals surface area contributed by atoms with Gasteiger partial charge in [-0.3, -0.25) is 9.59 Å². The molecule has 0 aliphatic heterocycles. The fourth-order valence-electron chi connectivity index (χ4n) is 2.23. The molecule has 0 aromatic heterocycles. The van der Waals surface area contributed by atoms with Crippen LogP contribution in [0, 0.1) is 0 Å². The molecule has 1 atom stereocenters. The van der Waals surface area contributed by atoms with Crippen LogP contribution in [-0.2, 0) is 16.1 Å². The number of amides is 2. The molecule has 1 rings (SSSR count). The molecule has 0 aliphatic rings. The van der Waals surface area contributed by atoms with Gasteiger partial charge in [-0.05, 0) is 30.5 Å². The Morgan fingerprint density at radius 2 is 1.86 bits per heavy atom. The second kappa shape index (κ2) is 8.67. The monoisotopic (exact) mass is 310 g/mol. The lowest BCUT2D eigenvalue weighted by molar-refractivity contribution is -0.141. The van der Waals surface area contributed by atoms with E-state index in [0.29, 0.717) is 24.4 Å². The fourth-order valence-corrected chi connectivity index (χ4v) is 2.36. The average Bonchev–Trinajstić information content (AvgIpc) is 2.48. The van der Waals surface area contributed by atoms with Crippen molar-refractivity contribution in [2.45, 2.75) is 45.7 Å². The maximum atomic E-state index is 12.4. The van der Waals surface area contributed by atoms with E-state index in [0.717, 1.165) is 12.0 Å². The van der Waals surface area contributed by atoms with Gasteiger partial charge in [0, 0.05) is 25.0 Å². The minimum absolute atomic E-state index is 0.00269. The lowest BCUT2D eigenvalue weighted by Gasteiger charge is -2.30. The summed E-state index contributed by atoms with van der Waals surface area (Å²) in [6.45, 7) is 4.29. The molecule has 0 radical (unpaired) electrons. The van der Waals surface area contributed by atoms with E-state index < -0.39 is 6.04 Å². The Kier molecular flexibility index (Phi) is 7.23. The molecule has 0 unspecified atom stereocenters. The quantitative estimate of drug-likeness (QED) is 0.841.